The first-order valence-electron chi connectivity index (χ1n) is 20.0. The van der Waals surface area contributed by atoms with Gasteiger partial charge >= 0.3 is 0 Å². The Morgan fingerprint density at radius 1 is 0.839 bits per heavy atom. The molecule has 4 nitrogen and oxygen atoms in total. The molecule has 2 unspecified atom stereocenters. The van der Waals surface area contributed by atoms with E-state index in [1.165, 1.54) is 44.3 Å². The van der Waals surface area contributed by atoms with Crippen molar-refractivity contribution in [1.29, 1.82) is 0 Å². The minimum atomic E-state index is -1.77. The third-order valence-corrected chi connectivity index (χ3v) is 13.8. The third-order valence-electron chi connectivity index (χ3n) is 11.7. The maximum Gasteiger partial charge on any atom is 0.227 e. The first-order valence-corrected chi connectivity index (χ1v) is 23.5. The first-order chi connectivity index (χ1) is 26.9. The van der Waals surface area contributed by atoms with Crippen LogP contribution in [-0.4, -0.2) is 18.8 Å². The van der Waals surface area contributed by atoms with E-state index in [-0.39, 0.29) is 17.4 Å². The Morgan fingerprint density at radius 2 is 1.55 bits per heavy atom. The van der Waals surface area contributed by atoms with E-state index >= 15 is 0 Å². The van der Waals surface area contributed by atoms with Crippen molar-refractivity contribution in [2.24, 2.45) is 10.4 Å². The van der Waals surface area contributed by atoms with Gasteiger partial charge < -0.3 is 4.42 Å². The molecule has 0 fully saturated rings. The number of benzene rings is 4. The SMILES string of the molecule is C=C/C1=N/C(=C)C2C(CCc3ccc4c(oc5nc(-c6ccccc6)ccc54)c31)c1ccc(-c3ccccc3)cc1-c1cc(CC(C)(C)C)c([Si](C)(C)C)c[n+]12. The van der Waals surface area contributed by atoms with Gasteiger partial charge in [-0.05, 0) is 76.8 Å². The number of allylic oxidation sites excluding steroid dienone is 2. The van der Waals surface area contributed by atoms with E-state index in [1.807, 2.05) is 24.3 Å². The van der Waals surface area contributed by atoms with Gasteiger partial charge in [0.15, 0.2) is 6.20 Å². The average Bonchev–Trinajstić information content (AvgIpc) is 3.58. The molecule has 0 radical (unpaired) electrons. The summed E-state index contributed by atoms with van der Waals surface area (Å²) in [4.78, 5) is 10.5. The summed E-state index contributed by atoms with van der Waals surface area (Å²) in [7, 11) is -1.77. The highest BCUT2D eigenvalue weighted by Gasteiger charge is 2.44. The predicted molar refractivity (Wildman–Crippen MR) is 237 cm³/mol. The molecular weight excluding hydrogens is 699 g/mol. The Balaban J connectivity index is 1.25. The molecule has 56 heavy (non-hydrogen) atoms. The number of rotatable bonds is 5. The van der Waals surface area contributed by atoms with E-state index < -0.39 is 8.07 Å². The van der Waals surface area contributed by atoms with E-state index in [9.17, 15) is 0 Å². The van der Waals surface area contributed by atoms with Crippen molar-refractivity contribution in [3.8, 4) is 33.6 Å². The lowest BCUT2D eigenvalue weighted by Crippen LogP contribution is -2.54. The molecule has 0 saturated carbocycles. The van der Waals surface area contributed by atoms with Crippen LogP contribution in [0.5, 0.6) is 0 Å². The number of hydrogen-bond acceptors (Lipinski definition) is 3. The van der Waals surface area contributed by atoms with E-state index in [0.717, 1.165) is 63.8 Å². The fourth-order valence-corrected chi connectivity index (χ4v) is 10.8. The summed E-state index contributed by atoms with van der Waals surface area (Å²) in [5.74, 6) is 0.157. The van der Waals surface area contributed by atoms with Crippen molar-refractivity contribution in [3.05, 3.63) is 163 Å². The molecule has 5 heterocycles. The third kappa shape index (κ3) is 6.28. The van der Waals surface area contributed by atoms with Crippen molar-refractivity contribution < 1.29 is 8.98 Å². The normalized spacial score (nSPS) is 17.8. The van der Waals surface area contributed by atoms with Gasteiger partial charge in [-0.2, -0.15) is 4.57 Å². The van der Waals surface area contributed by atoms with Crippen molar-refractivity contribution in [1.82, 2.24) is 4.98 Å². The molecule has 278 valence electrons. The lowest BCUT2D eigenvalue weighted by atomic mass is 9.77. The second kappa shape index (κ2) is 13.5. The van der Waals surface area contributed by atoms with E-state index in [4.69, 9.17) is 21.0 Å². The predicted octanol–water partition coefficient (Wildman–Crippen LogP) is 12.2. The number of fused-ring (bicyclic) bond motifs is 11. The average molecular weight is 749 g/mol. The van der Waals surface area contributed by atoms with Gasteiger partial charge in [-0.1, -0.05) is 138 Å². The molecule has 2 aliphatic heterocycles. The van der Waals surface area contributed by atoms with Gasteiger partial charge in [0.05, 0.1) is 31.0 Å². The Bertz CT molecular complexity index is 2730. The Hall–Kier alpha value is -5.65. The minimum Gasteiger partial charge on any atom is -0.437 e. The van der Waals surface area contributed by atoms with Crippen molar-refractivity contribution in [2.75, 3.05) is 0 Å². The number of aryl methyl sites for hydroxylation is 1. The largest absolute Gasteiger partial charge is 0.437 e. The molecule has 0 N–H and O–H groups in total. The van der Waals surface area contributed by atoms with Gasteiger partial charge in [0.2, 0.25) is 17.4 Å². The van der Waals surface area contributed by atoms with Crippen LogP contribution in [-0.2, 0) is 12.8 Å². The minimum absolute atomic E-state index is 0.0654. The number of aromatic nitrogens is 2. The zero-order chi connectivity index (χ0) is 38.9. The van der Waals surface area contributed by atoms with Gasteiger partial charge in [0.1, 0.15) is 11.3 Å². The maximum atomic E-state index is 6.74. The topological polar surface area (TPSA) is 42.3 Å². The molecule has 5 heteroatoms. The van der Waals surface area contributed by atoms with Crippen LogP contribution >= 0.6 is 0 Å². The second-order valence-corrected chi connectivity index (χ2v) is 23.0. The maximum absolute atomic E-state index is 6.74. The van der Waals surface area contributed by atoms with Crippen molar-refractivity contribution in [3.63, 3.8) is 0 Å². The van der Waals surface area contributed by atoms with Gasteiger partial charge in [0.25, 0.3) is 0 Å². The molecule has 3 aromatic heterocycles. The molecule has 0 aliphatic carbocycles. The molecule has 2 aliphatic rings. The summed E-state index contributed by atoms with van der Waals surface area (Å²) in [6, 6.07) is 39.3. The smallest absolute Gasteiger partial charge is 0.227 e. The number of furan rings is 1. The number of hydrogen-bond donors (Lipinski definition) is 0. The molecule has 4 aromatic carbocycles. The quantitative estimate of drug-likeness (QED) is 0.130. The van der Waals surface area contributed by atoms with Gasteiger partial charge in [-0.15, -0.1) is 0 Å². The zero-order valence-corrected chi connectivity index (χ0v) is 34.5. The summed E-state index contributed by atoms with van der Waals surface area (Å²) < 4.78 is 9.29. The molecule has 2 atom stereocenters. The fraction of sp³-hybridized carbons (Fsp3) is 0.235. The Labute approximate surface area is 332 Å². The highest BCUT2D eigenvalue weighted by Crippen LogP contribution is 2.47. The summed E-state index contributed by atoms with van der Waals surface area (Å²) >= 11 is 0. The van der Waals surface area contributed by atoms with Crippen LogP contribution in [0.1, 0.15) is 61.4 Å². The molecule has 0 bridgehead atoms. The molecular formula is C51H50N3OSi+. The van der Waals surface area contributed by atoms with Crippen molar-refractivity contribution >= 4 is 41.0 Å². The van der Waals surface area contributed by atoms with Gasteiger partial charge in [-0.3, -0.25) is 0 Å². The fourth-order valence-electron chi connectivity index (χ4n) is 9.19. The summed E-state index contributed by atoms with van der Waals surface area (Å²) in [5, 5.41) is 3.54. The molecule has 0 saturated heterocycles. The van der Waals surface area contributed by atoms with Crippen LogP contribution < -0.4 is 9.75 Å². The summed E-state index contributed by atoms with van der Waals surface area (Å²) in [6.07, 6.45) is 7.19. The molecule has 9 rings (SSSR count). The summed E-state index contributed by atoms with van der Waals surface area (Å²) in [6.45, 7) is 23.6. The lowest BCUT2D eigenvalue weighted by molar-refractivity contribution is -0.708. The van der Waals surface area contributed by atoms with Crippen LogP contribution in [0.2, 0.25) is 19.6 Å². The van der Waals surface area contributed by atoms with Gasteiger partial charge in [0, 0.05) is 33.2 Å². The number of pyridine rings is 2. The summed E-state index contributed by atoms with van der Waals surface area (Å²) in [5.41, 5.74) is 15.2. The van der Waals surface area contributed by atoms with Crippen LogP contribution in [0.25, 0.3) is 55.7 Å². The molecule has 7 aromatic rings. The van der Waals surface area contributed by atoms with E-state index in [1.54, 1.807) is 0 Å². The van der Waals surface area contributed by atoms with Crippen LogP contribution in [0.3, 0.4) is 0 Å². The standard InChI is InChI=1S/C51H50N3OSi/c1-9-43-47-35(21-25-40-41-26-27-44(34-18-14-11-15-19-34)53-50(41)55-49(40)47)20-24-39-38-23-22-36(33-16-12-10-13-17-33)28-42(38)45-29-37(30-51(3,4)5)46(56(6,7)8)31-54(45)48(39)32(2)52-43/h9-19,21-23,25-29,31,39,48H,1-2,20,24,30H2,3-8H3/q+1/b52-43-. The van der Waals surface area contributed by atoms with Crippen LogP contribution in [0.4, 0.5) is 0 Å². The number of nitrogens with zero attached hydrogens (tertiary/aromatic N) is 3. The second-order valence-electron chi connectivity index (χ2n) is 17.9. The Kier molecular flexibility index (Phi) is 8.70. The molecule has 0 spiro atoms. The number of aliphatic imine (C=N–C) groups is 1. The van der Waals surface area contributed by atoms with E-state index in [0.29, 0.717) is 5.71 Å². The lowest BCUT2D eigenvalue weighted by Gasteiger charge is -2.33. The zero-order valence-electron chi connectivity index (χ0n) is 33.5. The van der Waals surface area contributed by atoms with Crippen LogP contribution in [0.15, 0.2) is 150 Å². The highest BCUT2D eigenvalue weighted by molar-refractivity contribution is 6.89. The van der Waals surface area contributed by atoms with Crippen molar-refractivity contribution in [2.45, 2.75) is 71.6 Å². The van der Waals surface area contributed by atoms with E-state index in [2.05, 4.69) is 149 Å². The van der Waals surface area contributed by atoms with Gasteiger partial charge in [-0.25, -0.2) is 9.98 Å². The monoisotopic (exact) mass is 748 g/mol. The van der Waals surface area contributed by atoms with Crippen LogP contribution in [0, 0.1) is 5.41 Å². The first kappa shape index (κ1) is 36.0. The molecule has 0 amide bonds. The Morgan fingerprint density at radius 3 is 2.25 bits per heavy atom. The highest BCUT2D eigenvalue weighted by atomic mass is 28.3.